The molecule has 0 unspecified atom stereocenters. The van der Waals surface area contributed by atoms with Crippen LogP contribution in [0.2, 0.25) is 0 Å². The van der Waals surface area contributed by atoms with Gasteiger partial charge in [-0.3, -0.25) is 0 Å². The molecule has 0 saturated heterocycles. The topological polar surface area (TPSA) is 12.0 Å². The Morgan fingerprint density at radius 2 is 1.72 bits per heavy atom. The summed E-state index contributed by atoms with van der Waals surface area (Å²) < 4.78 is 38.5. The predicted octanol–water partition coefficient (Wildman–Crippen LogP) is 8.40. The van der Waals surface area contributed by atoms with Crippen molar-refractivity contribution >= 4 is 17.5 Å². The average molecular weight is 400 g/mol. The summed E-state index contributed by atoms with van der Waals surface area (Å²) in [6, 6.07) is 12.8. The molecule has 154 valence electrons. The van der Waals surface area contributed by atoms with E-state index in [0.29, 0.717) is 5.69 Å². The van der Waals surface area contributed by atoms with E-state index < -0.39 is 11.7 Å². The number of benzene rings is 2. The molecule has 0 spiro atoms. The van der Waals surface area contributed by atoms with Crippen LogP contribution in [0.25, 0.3) is 6.08 Å². The number of nitrogens with one attached hydrogen (secondary N) is 1. The van der Waals surface area contributed by atoms with Gasteiger partial charge in [-0.15, -0.1) is 6.58 Å². The van der Waals surface area contributed by atoms with Gasteiger partial charge < -0.3 is 5.32 Å². The van der Waals surface area contributed by atoms with Crippen LogP contribution >= 0.6 is 0 Å². The Morgan fingerprint density at radius 1 is 1.03 bits per heavy atom. The smallest absolute Gasteiger partial charge is 0.356 e. The maximum Gasteiger partial charge on any atom is 0.416 e. The highest BCUT2D eigenvalue weighted by atomic mass is 19.4. The highest BCUT2D eigenvalue weighted by molar-refractivity contribution is 5.63. The number of hydrogen-bond acceptors (Lipinski definition) is 1. The van der Waals surface area contributed by atoms with Gasteiger partial charge in [0.25, 0.3) is 0 Å². The normalized spacial score (nSPS) is 13.7. The van der Waals surface area contributed by atoms with E-state index in [1.807, 2.05) is 30.3 Å². The zero-order chi connectivity index (χ0) is 21.5. The Kier molecular flexibility index (Phi) is 7.49. The van der Waals surface area contributed by atoms with E-state index in [0.717, 1.165) is 36.2 Å². The molecule has 0 fully saturated rings. The van der Waals surface area contributed by atoms with Gasteiger partial charge in [0, 0.05) is 16.8 Å². The quantitative estimate of drug-likeness (QED) is 0.439. The number of anilines is 2. The van der Waals surface area contributed by atoms with Crippen molar-refractivity contribution in [3.63, 3.8) is 0 Å². The molecule has 4 heteroatoms. The molecule has 29 heavy (non-hydrogen) atoms. The lowest BCUT2D eigenvalue weighted by molar-refractivity contribution is -0.137. The third-order valence-electron chi connectivity index (χ3n) is 4.75. The van der Waals surface area contributed by atoms with Crippen molar-refractivity contribution in [1.29, 1.82) is 0 Å². The lowest BCUT2D eigenvalue weighted by Crippen LogP contribution is -2.08. The molecule has 1 N–H and O–H groups in total. The van der Waals surface area contributed by atoms with Gasteiger partial charge in [-0.2, -0.15) is 13.2 Å². The van der Waals surface area contributed by atoms with Gasteiger partial charge >= 0.3 is 6.18 Å². The number of hydrogen-bond donors (Lipinski definition) is 1. The van der Waals surface area contributed by atoms with Crippen molar-refractivity contribution in [2.75, 3.05) is 5.32 Å². The van der Waals surface area contributed by atoms with Crippen LogP contribution in [0.1, 0.15) is 44.7 Å². The Morgan fingerprint density at radius 3 is 2.31 bits per heavy atom. The summed E-state index contributed by atoms with van der Waals surface area (Å²) in [5.41, 5.74) is 2.71. The van der Waals surface area contributed by atoms with Crippen molar-refractivity contribution < 1.29 is 13.2 Å². The minimum atomic E-state index is -4.35. The van der Waals surface area contributed by atoms with Crippen LogP contribution in [0.3, 0.4) is 0 Å². The molecule has 0 radical (unpaired) electrons. The van der Waals surface area contributed by atoms with E-state index in [2.05, 4.69) is 50.9 Å². The largest absolute Gasteiger partial charge is 0.416 e. The molecule has 0 aliphatic heterocycles. The first kappa shape index (κ1) is 22.5. The van der Waals surface area contributed by atoms with E-state index in [4.69, 9.17) is 0 Å². The van der Waals surface area contributed by atoms with Gasteiger partial charge in [0.1, 0.15) is 0 Å². The lowest BCUT2D eigenvalue weighted by Gasteiger charge is -2.20. The minimum absolute atomic E-state index is 0.0963. The molecule has 1 atom stereocenters. The summed E-state index contributed by atoms with van der Waals surface area (Å²) in [6.07, 6.45) is 6.01. The van der Waals surface area contributed by atoms with Crippen LogP contribution in [0.4, 0.5) is 24.5 Å². The second kappa shape index (κ2) is 9.64. The van der Waals surface area contributed by atoms with Gasteiger partial charge in [-0.25, -0.2) is 0 Å². The molecule has 0 heterocycles. The SMILES string of the molecule is C=C[C@@](C)(/C=C/c1ccc(Nc2cccc(C(F)(F)F)c2)cc1)CCC=C(C)C. The van der Waals surface area contributed by atoms with Gasteiger partial charge in [-0.1, -0.05) is 55.0 Å². The fourth-order valence-electron chi connectivity index (χ4n) is 2.83. The van der Waals surface area contributed by atoms with Crippen molar-refractivity contribution in [3.05, 3.63) is 90.0 Å². The fraction of sp³-hybridized carbons (Fsp3) is 0.280. The average Bonchev–Trinajstić information content (AvgIpc) is 2.67. The van der Waals surface area contributed by atoms with Gasteiger partial charge in [-0.05, 0) is 62.6 Å². The predicted molar refractivity (Wildman–Crippen MR) is 117 cm³/mol. The van der Waals surface area contributed by atoms with Crippen LogP contribution in [0.5, 0.6) is 0 Å². The molecule has 2 rings (SSSR count). The summed E-state index contributed by atoms with van der Waals surface area (Å²) >= 11 is 0. The van der Waals surface area contributed by atoms with Crippen molar-refractivity contribution in [3.8, 4) is 0 Å². The number of halogens is 3. The third kappa shape index (κ3) is 7.30. The highest BCUT2D eigenvalue weighted by Crippen LogP contribution is 2.32. The molecule has 0 saturated carbocycles. The van der Waals surface area contributed by atoms with E-state index in [1.165, 1.54) is 11.6 Å². The first-order valence-electron chi connectivity index (χ1n) is 9.62. The molecule has 0 amide bonds. The number of rotatable bonds is 8. The van der Waals surface area contributed by atoms with Crippen LogP contribution in [-0.4, -0.2) is 0 Å². The second-order valence-corrected chi connectivity index (χ2v) is 7.69. The Balaban J connectivity index is 2.05. The second-order valence-electron chi connectivity index (χ2n) is 7.69. The van der Waals surface area contributed by atoms with Crippen LogP contribution in [-0.2, 0) is 6.18 Å². The molecule has 1 nitrogen and oxygen atoms in total. The molecule has 2 aromatic carbocycles. The summed E-state index contributed by atoms with van der Waals surface area (Å²) in [7, 11) is 0. The van der Waals surface area contributed by atoms with Crippen molar-refractivity contribution in [2.45, 2.75) is 39.8 Å². The summed E-state index contributed by atoms with van der Waals surface area (Å²) in [6.45, 7) is 10.3. The van der Waals surface area contributed by atoms with Crippen molar-refractivity contribution in [1.82, 2.24) is 0 Å². The van der Waals surface area contributed by atoms with Crippen LogP contribution in [0.15, 0.2) is 78.9 Å². The Bertz CT molecular complexity index is 872. The molecule has 2 aromatic rings. The van der Waals surface area contributed by atoms with Crippen LogP contribution in [0, 0.1) is 5.41 Å². The molecule has 0 bridgehead atoms. The molecular formula is C25H28F3N. The number of alkyl halides is 3. The van der Waals surface area contributed by atoms with E-state index in [9.17, 15) is 13.2 Å². The maximum atomic E-state index is 12.8. The van der Waals surface area contributed by atoms with Gasteiger partial charge in [0.2, 0.25) is 0 Å². The van der Waals surface area contributed by atoms with E-state index in [1.54, 1.807) is 6.07 Å². The minimum Gasteiger partial charge on any atom is -0.356 e. The standard InChI is InChI=1S/C25H28F3N/c1-5-24(4,16-7-8-19(2)3)17-15-20-11-13-22(14-12-20)29-23-10-6-9-21(18-23)25(26,27)28/h5-6,8-15,17-18,29H,1,7,16H2,2-4H3/b17-15+/t24-/m1/s1. The van der Waals surface area contributed by atoms with Gasteiger partial charge in [0.05, 0.1) is 5.56 Å². The monoisotopic (exact) mass is 399 g/mol. The molecule has 0 aliphatic rings. The summed E-state index contributed by atoms with van der Waals surface area (Å²) in [4.78, 5) is 0. The zero-order valence-corrected chi connectivity index (χ0v) is 17.2. The molecular weight excluding hydrogens is 371 g/mol. The Labute approximate surface area is 171 Å². The first-order valence-corrected chi connectivity index (χ1v) is 9.62. The fourth-order valence-corrected chi connectivity index (χ4v) is 2.83. The Hall–Kier alpha value is -2.75. The van der Waals surface area contributed by atoms with E-state index >= 15 is 0 Å². The zero-order valence-electron chi connectivity index (χ0n) is 17.2. The summed E-state index contributed by atoms with van der Waals surface area (Å²) in [5, 5.41) is 3.02. The van der Waals surface area contributed by atoms with Crippen molar-refractivity contribution in [2.24, 2.45) is 5.41 Å². The van der Waals surface area contributed by atoms with E-state index in [-0.39, 0.29) is 5.41 Å². The van der Waals surface area contributed by atoms with Crippen LogP contribution < -0.4 is 5.32 Å². The molecule has 0 aliphatic carbocycles. The lowest BCUT2D eigenvalue weighted by atomic mass is 9.84. The first-order chi connectivity index (χ1) is 13.6. The molecule has 0 aromatic heterocycles. The number of allylic oxidation sites excluding steroid dienone is 4. The summed E-state index contributed by atoms with van der Waals surface area (Å²) in [5.74, 6) is 0. The maximum absolute atomic E-state index is 12.8. The van der Waals surface area contributed by atoms with Gasteiger partial charge in [0.15, 0.2) is 0 Å². The third-order valence-corrected chi connectivity index (χ3v) is 4.75. The highest BCUT2D eigenvalue weighted by Gasteiger charge is 2.30.